The number of carbonyl (C=O) groups excluding carboxylic acids is 1. The lowest BCUT2D eigenvalue weighted by atomic mass is 9.82. The highest BCUT2D eigenvalue weighted by atomic mass is 16.4. The largest absolute Gasteiger partial charge is 0.481 e. The Kier molecular flexibility index (Phi) is 5.54. The highest BCUT2D eigenvalue weighted by Gasteiger charge is 2.35. The van der Waals surface area contributed by atoms with Crippen LogP contribution in [-0.4, -0.2) is 33.4 Å². The fraction of sp³-hybridized carbons (Fsp3) is 0.615. The Morgan fingerprint density at radius 2 is 2.00 bits per heavy atom. The normalized spacial score (nSPS) is 11.2. The molecule has 2 amide bonds. The van der Waals surface area contributed by atoms with E-state index in [4.69, 9.17) is 0 Å². The molecule has 0 unspecified atom stereocenters. The van der Waals surface area contributed by atoms with Crippen molar-refractivity contribution < 1.29 is 14.7 Å². The molecule has 0 bridgehead atoms. The van der Waals surface area contributed by atoms with Crippen molar-refractivity contribution in [1.29, 1.82) is 0 Å². The number of amides is 2. The topological polar surface area (TPSA) is 96.3 Å². The van der Waals surface area contributed by atoms with E-state index in [9.17, 15) is 14.7 Å². The van der Waals surface area contributed by atoms with Crippen LogP contribution in [0.2, 0.25) is 0 Å². The Bertz CT molecular complexity index is 466. The molecule has 0 aliphatic heterocycles. The standard InChI is InChI=1S/C13H22N4O3/c1-4-13(5-2,11(18)19)9-15-12(20)14-6-10-7-16-17(3)8-10/h7-8H,4-6,9H2,1-3H3,(H,18,19)(H2,14,15,20). The maximum Gasteiger partial charge on any atom is 0.315 e. The molecule has 112 valence electrons. The van der Waals surface area contributed by atoms with Gasteiger partial charge in [-0.2, -0.15) is 5.10 Å². The Labute approximate surface area is 118 Å². The Balaban J connectivity index is 2.44. The summed E-state index contributed by atoms with van der Waals surface area (Å²) in [7, 11) is 1.80. The SMILES string of the molecule is CCC(CC)(CNC(=O)NCc1cnn(C)c1)C(=O)O. The van der Waals surface area contributed by atoms with Crippen molar-refractivity contribution in [3.8, 4) is 0 Å². The van der Waals surface area contributed by atoms with Gasteiger partial charge in [-0.15, -0.1) is 0 Å². The number of carbonyl (C=O) groups is 2. The molecule has 0 atom stereocenters. The summed E-state index contributed by atoms with van der Waals surface area (Å²) in [6.07, 6.45) is 4.42. The van der Waals surface area contributed by atoms with Gasteiger partial charge in [0, 0.05) is 31.9 Å². The predicted molar refractivity (Wildman–Crippen MR) is 74.1 cm³/mol. The van der Waals surface area contributed by atoms with Crippen LogP contribution < -0.4 is 10.6 Å². The van der Waals surface area contributed by atoms with E-state index in [1.165, 1.54) is 0 Å². The number of rotatable bonds is 7. The Hall–Kier alpha value is -2.05. The highest BCUT2D eigenvalue weighted by Crippen LogP contribution is 2.25. The third-order valence-corrected chi connectivity index (χ3v) is 3.61. The number of nitrogens with one attached hydrogen (secondary N) is 2. The number of urea groups is 1. The summed E-state index contributed by atoms with van der Waals surface area (Å²) in [4.78, 5) is 23.0. The lowest BCUT2D eigenvalue weighted by Gasteiger charge is -2.26. The summed E-state index contributed by atoms with van der Waals surface area (Å²) >= 11 is 0. The third-order valence-electron chi connectivity index (χ3n) is 3.61. The van der Waals surface area contributed by atoms with E-state index in [1.807, 2.05) is 13.8 Å². The van der Waals surface area contributed by atoms with Gasteiger partial charge in [-0.1, -0.05) is 13.8 Å². The molecule has 0 aliphatic carbocycles. The fourth-order valence-electron chi connectivity index (χ4n) is 1.94. The molecule has 1 rings (SSSR count). The van der Waals surface area contributed by atoms with Crippen LogP contribution in [0.1, 0.15) is 32.3 Å². The molecule has 0 fully saturated rings. The van der Waals surface area contributed by atoms with Crippen molar-refractivity contribution in [1.82, 2.24) is 20.4 Å². The van der Waals surface area contributed by atoms with Crippen molar-refractivity contribution in [2.24, 2.45) is 12.5 Å². The van der Waals surface area contributed by atoms with Gasteiger partial charge in [-0.05, 0) is 12.8 Å². The van der Waals surface area contributed by atoms with E-state index in [-0.39, 0.29) is 12.6 Å². The summed E-state index contributed by atoms with van der Waals surface area (Å²) in [6, 6.07) is -0.374. The second kappa shape index (κ2) is 6.93. The van der Waals surface area contributed by atoms with Crippen LogP contribution in [0.25, 0.3) is 0 Å². The molecule has 3 N–H and O–H groups in total. The van der Waals surface area contributed by atoms with Gasteiger partial charge < -0.3 is 15.7 Å². The second-order valence-electron chi connectivity index (χ2n) is 4.85. The van der Waals surface area contributed by atoms with Gasteiger partial charge in [0.15, 0.2) is 0 Å². The Morgan fingerprint density at radius 1 is 1.35 bits per heavy atom. The number of carboxylic acid groups (broad SMARTS) is 1. The zero-order valence-electron chi connectivity index (χ0n) is 12.1. The maximum atomic E-state index is 11.7. The molecule has 0 aliphatic rings. The molecule has 1 aromatic heterocycles. The van der Waals surface area contributed by atoms with E-state index in [0.717, 1.165) is 5.56 Å². The molecule has 1 aromatic rings. The van der Waals surface area contributed by atoms with Crippen LogP contribution in [0.15, 0.2) is 12.4 Å². The van der Waals surface area contributed by atoms with Crippen molar-refractivity contribution in [3.05, 3.63) is 18.0 Å². The molecule has 7 heteroatoms. The van der Waals surface area contributed by atoms with E-state index >= 15 is 0 Å². The lowest BCUT2D eigenvalue weighted by Crippen LogP contribution is -2.45. The summed E-state index contributed by atoms with van der Waals surface area (Å²) < 4.78 is 1.65. The summed E-state index contributed by atoms with van der Waals surface area (Å²) in [6.45, 7) is 4.10. The minimum absolute atomic E-state index is 0.119. The molecular formula is C13H22N4O3. The molecule has 20 heavy (non-hydrogen) atoms. The van der Waals surface area contributed by atoms with Crippen LogP contribution >= 0.6 is 0 Å². The van der Waals surface area contributed by atoms with Crippen molar-refractivity contribution >= 4 is 12.0 Å². The minimum atomic E-state index is -0.897. The minimum Gasteiger partial charge on any atom is -0.481 e. The zero-order valence-corrected chi connectivity index (χ0v) is 12.1. The second-order valence-corrected chi connectivity index (χ2v) is 4.85. The number of aromatic nitrogens is 2. The molecule has 7 nitrogen and oxygen atoms in total. The van der Waals surface area contributed by atoms with Gasteiger partial charge >= 0.3 is 12.0 Å². The van der Waals surface area contributed by atoms with Crippen molar-refractivity contribution in [3.63, 3.8) is 0 Å². The number of hydrogen-bond donors (Lipinski definition) is 3. The Morgan fingerprint density at radius 3 is 2.45 bits per heavy atom. The lowest BCUT2D eigenvalue weighted by molar-refractivity contribution is -0.149. The number of aliphatic carboxylic acids is 1. The monoisotopic (exact) mass is 282 g/mol. The first-order valence-corrected chi connectivity index (χ1v) is 6.66. The maximum absolute atomic E-state index is 11.7. The number of aryl methyl sites for hydroxylation is 1. The summed E-state index contributed by atoms with van der Waals surface area (Å²) in [5.41, 5.74) is -0.0100. The quantitative estimate of drug-likeness (QED) is 0.698. The number of nitrogens with zero attached hydrogens (tertiary/aromatic N) is 2. The molecule has 0 aromatic carbocycles. The smallest absolute Gasteiger partial charge is 0.315 e. The van der Waals surface area contributed by atoms with Crippen molar-refractivity contribution in [2.45, 2.75) is 33.2 Å². The van der Waals surface area contributed by atoms with Gasteiger partial charge in [-0.25, -0.2) is 4.79 Å². The van der Waals surface area contributed by atoms with Gasteiger partial charge in [0.2, 0.25) is 0 Å². The first kappa shape index (κ1) is 16.0. The molecule has 0 radical (unpaired) electrons. The van der Waals surface area contributed by atoms with Gasteiger partial charge in [0.05, 0.1) is 11.6 Å². The van der Waals surface area contributed by atoms with Gasteiger partial charge in [-0.3, -0.25) is 9.48 Å². The fourth-order valence-corrected chi connectivity index (χ4v) is 1.94. The molecule has 0 spiro atoms. The molecule has 1 heterocycles. The molecule has 0 saturated carbocycles. The van der Waals surface area contributed by atoms with E-state index in [2.05, 4.69) is 15.7 Å². The van der Waals surface area contributed by atoms with Gasteiger partial charge in [0.25, 0.3) is 0 Å². The molecule has 0 saturated heterocycles. The summed E-state index contributed by atoms with van der Waals surface area (Å²) in [5, 5.41) is 18.6. The van der Waals surface area contributed by atoms with E-state index < -0.39 is 11.4 Å². The zero-order chi connectivity index (χ0) is 15.2. The van der Waals surface area contributed by atoms with Crippen LogP contribution in [0.4, 0.5) is 4.79 Å². The van der Waals surface area contributed by atoms with Crippen LogP contribution in [0, 0.1) is 5.41 Å². The first-order valence-electron chi connectivity index (χ1n) is 6.66. The van der Waals surface area contributed by atoms with E-state index in [1.54, 1.807) is 24.1 Å². The van der Waals surface area contributed by atoms with Crippen LogP contribution in [0.5, 0.6) is 0 Å². The van der Waals surface area contributed by atoms with E-state index in [0.29, 0.717) is 19.4 Å². The number of hydrogen-bond acceptors (Lipinski definition) is 3. The predicted octanol–water partition coefficient (Wildman–Crippen LogP) is 1.11. The summed E-state index contributed by atoms with van der Waals surface area (Å²) in [5.74, 6) is -0.880. The van der Waals surface area contributed by atoms with Crippen molar-refractivity contribution in [2.75, 3.05) is 6.54 Å². The highest BCUT2D eigenvalue weighted by molar-refractivity contribution is 5.78. The average molecular weight is 282 g/mol. The number of carboxylic acids is 1. The third kappa shape index (κ3) is 3.97. The average Bonchev–Trinajstić information content (AvgIpc) is 2.83. The van der Waals surface area contributed by atoms with Crippen LogP contribution in [0.3, 0.4) is 0 Å². The molecular weight excluding hydrogens is 260 g/mol. The van der Waals surface area contributed by atoms with Gasteiger partial charge in [0.1, 0.15) is 0 Å². The first-order chi connectivity index (χ1) is 9.43. The van der Waals surface area contributed by atoms with Crippen LogP contribution in [-0.2, 0) is 18.4 Å².